The van der Waals surface area contributed by atoms with Gasteiger partial charge in [-0.1, -0.05) is 0 Å². The van der Waals surface area contributed by atoms with Crippen LogP contribution in [0.15, 0.2) is 0 Å². The van der Waals surface area contributed by atoms with Crippen molar-refractivity contribution in [3.05, 3.63) is 0 Å². The largest absolute Gasteiger partial charge is 0.388 e. The molecule has 5 heteroatoms. The molecule has 1 aliphatic carbocycles. The molecular formula is C11H20N2O3. The lowest BCUT2D eigenvalue weighted by Crippen LogP contribution is -2.52. The van der Waals surface area contributed by atoms with Crippen molar-refractivity contribution >= 4 is 5.91 Å². The van der Waals surface area contributed by atoms with Crippen molar-refractivity contribution in [2.75, 3.05) is 26.8 Å². The highest BCUT2D eigenvalue weighted by Crippen LogP contribution is 2.34. The fourth-order valence-electron chi connectivity index (χ4n) is 2.15. The first kappa shape index (κ1) is 11.8. The van der Waals surface area contributed by atoms with Gasteiger partial charge in [0.05, 0.1) is 11.1 Å². The molecule has 1 aliphatic heterocycles. The van der Waals surface area contributed by atoms with Gasteiger partial charge in [0.15, 0.2) is 0 Å². The molecular weight excluding hydrogens is 208 g/mol. The van der Waals surface area contributed by atoms with E-state index < -0.39 is 11.1 Å². The van der Waals surface area contributed by atoms with Gasteiger partial charge in [-0.05, 0) is 12.8 Å². The highest BCUT2D eigenvalue weighted by atomic mass is 16.5. The summed E-state index contributed by atoms with van der Waals surface area (Å²) in [6.07, 6.45) is 2.69. The van der Waals surface area contributed by atoms with Gasteiger partial charge in [0, 0.05) is 39.6 Å². The van der Waals surface area contributed by atoms with Crippen LogP contribution in [-0.4, -0.2) is 53.9 Å². The molecule has 1 saturated carbocycles. The van der Waals surface area contributed by atoms with Gasteiger partial charge in [-0.3, -0.25) is 4.79 Å². The van der Waals surface area contributed by atoms with Crippen LogP contribution in [-0.2, 0) is 9.53 Å². The molecule has 0 unspecified atom stereocenters. The normalized spacial score (nSPS) is 26.2. The Morgan fingerprint density at radius 2 is 1.94 bits per heavy atom. The van der Waals surface area contributed by atoms with E-state index in [-0.39, 0.29) is 5.91 Å². The van der Waals surface area contributed by atoms with Gasteiger partial charge in [0.25, 0.3) is 0 Å². The summed E-state index contributed by atoms with van der Waals surface area (Å²) < 4.78 is 5.20. The molecule has 2 rings (SSSR count). The zero-order valence-electron chi connectivity index (χ0n) is 9.74. The molecule has 1 heterocycles. The Kier molecular flexibility index (Phi) is 2.94. The molecule has 0 radical (unpaired) electrons. The van der Waals surface area contributed by atoms with E-state index in [2.05, 4.69) is 0 Å². The van der Waals surface area contributed by atoms with Crippen LogP contribution in [0.3, 0.4) is 0 Å². The Balaban J connectivity index is 1.90. The molecule has 1 saturated heterocycles. The summed E-state index contributed by atoms with van der Waals surface area (Å²) >= 11 is 0. The third kappa shape index (κ3) is 2.36. The first-order valence-corrected chi connectivity index (χ1v) is 5.80. The van der Waals surface area contributed by atoms with Crippen LogP contribution in [0.2, 0.25) is 0 Å². The van der Waals surface area contributed by atoms with Crippen LogP contribution in [0.5, 0.6) is 0 Å². The van der Waals surface area contributed by atoms with Gasteiger partial charge in [-0.2, -0.15) is 0 Å². The average Bonchev–Trinajstić information content (AvgIpc) is 2.97. The number of aliphatic hydroxyl groups is 1. The predicted molar refractivity (Wildman–Crippen MR) is 58.8 cm³/mol. The van der Waals surface area contributed by atoms with Gasteiger partial charge in [-0.15, -0.1) is 0 Å². The number of hydrogen-bond donors (Lipinski definition) is 2. The van der Waals surface area contributed by atoms with Crippen LogP contribution in [0, 0.1) is 0 Å². The van der Waals surface area contributed by atoms with Crippen LogP contribution in [0.1, 0.15) is 25.7 Å². The highest BCUT2D eigenvalue weighted by Gasteiger charge is 2.48. The van der Waals surface area contributed by atoms with E-state index in [1.54, 1.807) is 11.9 Å². The maximum atomic E-state index is 11.9. The smallest absolute Gasteiger partial charge is 0.242 e. The van der Waals surface area contributed by atoms with Crippen molar-refractivity contribution in [2.45, 2.75) is 36.8 Å². The number of likely N-dealkylation sites (N-methyl/N-ethyl adjacent to an activating group) is 1. The molecule has 0 aromatic rings. The number of carbonyl (C=O) groups excluding carboxylic acids is 1. The lowest BCUT2D eigenvalue weighted by atomic mass is 9.93. The number of rotatable bonds is 3. The summed E-state index contributed by atoms with van der Waals surface area (Å²) in [5.41, 5.74) is 4.40. The van der Waals surface area contributed by atoms with Crippen molar-refractivity contribution < 1.29 is 14.6 Å². The number of carbonyl (C=O) groups is 1. The summed E-state index contributed by atoms with van der Waals surface area (Å²) in [5, 5.41) is 10.3. The SMILES string of the molecule is CN(CC1(O)CCOCC1)C(=O)C1(N)CC1. The minimum Gasteiger partial charge on any atom is -0.388 e. The predicted octanol–water partition coefficient (Wildman–Crippen LogP) is -0.522. The summed E-state index contributed by atoms with van der Waals surface area (Å²) in [5.74, 6) is -0.0487. The topological polar surface area (TPSA) is 75.8 Å². The van der Waals surface area contributed by atoms with Gasteiger partial charge in [-0.25, -0.2) is 0 Å². The monoisotopic (exact) mass is 228 g/mol. The van der Waals surface area contributed by atoms with Gasteiger partial charge >= 0.3 is 0 Å². The molecule has 3 N–H and O–H groups in total. The molecule has 16 heavy (non-hydrogen) atoms. The minimum absolute atomic E-state index is 0.0487. The molecule has 2 fully saturated rings. The molecule has 2 aliphatic rings. The summed E-state index contributed by atoms with van der Waals surface area (Å²) in [6, 6.07) is 0. The molecule has 5 nitrogen and oxygen atoms in total. The van der Waals surface area contributed by atoms with Crippen molar-refractivity contribution in [3.8, 4) is 0 Å². The minimum atomic E-state index is -0.798. The lowest BCUT2D eigenvalue weighted by molar-refractivity contribution is -0.139. The molecule has 0 aromatic carbocycles. The first-order valence-electron chi connectivity index (χ1n) is 5.80. The van der Waals surface area contributed by atoms with Gasteiger partial charge < -0.3 is 20.5 Å². The molecule has 1 amide bonds. The first-order chi connectivity index (χ1) is 7.45. The van der Waals surface area contributed by atoms with E-state index in [9.17, 15) is 9.90 Å². The second-order valence-corrected chi connectivity index (χ2v) is 5.15. The Morgan fingerprint density at radius 1 is 1.38 bits per heavy atom. The second-order valence-electron chi connectivity index (χ2n) is 5.15. The van der Waals surface area contributed by atoms with Crippen molar-refractivity contribution in [3.63, 3.8) is 0 Å². The Labute approximate surface area is 95.5 Å². The number of ether oxygens (including phenoxy) is 1. The van der Waals surface area contributed by atoms with Crippen LogP contribution >= 0.6 is 0 Å². The van der Waals surface area contributed by atoms with E-state index in [1.165, 1.54) is 0 Å². The maximum absolute atomic E-state index is 11.9. The second kappa shape index (κ2) is 3.98. The zero-order chi connectivity index (χ0) is 11.8. The van der Waals surface area contributed by atoms with Gasteiger partial charge in [0.1, 0.15) is 0 Å². The molecule has 0 aromatic heterocycles. The fraction of sp³-hybridized carbons (Fsp3) is 0.909. The van der Waals surface area contributed by atoms with Crippen molar-refractivity contribution in [1.29, 1.82) is 0 Å². The molecule has 0 spiro atoms. The molecule has 0 atom stereocenters. The van der Waals surface area contributed by atoms with Crippen molar-refractivity contribution in [2.24, 2.45) is 5.73 Å². The van der Waals surface area contributed by atoms with E-state index in [0.717, 1.165) is 12.8 Å². The number of nitrogens with two attached hydrogens (primary N) is 1. The fourth-order valence-corrected chi connectivity index (χ4v) is 2.15. The Morgan fingerprint density at radius 3 is 2.44 bits per heavy atom. The average molecular weight is 228 g/mol. The maximum Gasteiger partial charge on any atom is 0.242 e. The third-order valence-electron chi connectivity index (χ3n) is 3.52. The Hall–Kier alpha value is -0.650. The molecule has 92 valence electrons. The lowest BCUT2D eigenvalue weighted by Gasteiger charge is -2.36. The van der Waals surface area contributed by atoms with Crippen molar-refractivity contribution in [1.82, 2.24) is 4.90 Å². The Bertz CT molecular complexity index is 283. The van der Waals surface area contributed by atoms with Crippen LogP contribution in [0.4, 0.5) is 0 Å². The zero-order valence-corrected chi connectivity index (χ0v) is 9.74. The summed E-state index contributed by atoms with van der Waals surface area (Å²) in [7, 11) is 1.71. The number of nitrogens with zero attached hydrogens (tertiary/aromatic N) is 1. The van der Waals surface area contributed by atoms with Crippen LogP contribution < -0.4 is 5.73 Å². The highest BCUT2D eigenvalue weighted by molar-refractivity contribution is 5.88. The summed E-state index contributed by atoms with van der Waals surface area (Å²) in [4.78, 5) is 13.5. The van der Waals surface area contributed by atoms with E-state index in [1.807, 2.05) is 0 Å². The third-order valence-corrected chi connectivity index (χ3v) is 3.52. The standard InChI is InChI=1S/C11H20N2O3/c1-13(9(14)11(12)2-3-11)8-10(15)4-6-16-7-5-10/h15H,2-8,12H2,1H3. The quantitative estimate of drug-likeness (QED) is 0.681. The number of hydrogen-bond acceptors (Lipinski definition) is 4. The van der Waals surface area contributed by atoms with Crippen LogP contribution in [0.25, 0.3) is 0 Å². The van der Waals surface area contributed by atoms with Gasteiger partial charge in [0.2, 0.25) is 5.91 Å². The van der Waals surface area contributed by atoms with E-state index in [0.29, 0.717) is 32.6 Å². The number of amides is 1. The summed E-state index contributed by atoms with van der Waals surface area (Å²) in [6.45, 7) is 1.48. The van der Waals surface area contributed by atoms with E-state index in [4.69, 9.17) is 10.5 Å². The molecule has 0 bridgehead atoms. The van der Waals surface area contributed by atoms with E-state index >= 15 is 0 Å².